The second-order valence-electron chi connectivity index (χ2n) is 5.14. The second kappa shape index (κ2) is 5.60. The Kier molecular flexibility index (Phi) is 4.65. The summed E-state index contributed by atoms with van der Waals surface area (Å²) < 4.78 is 13.2. The molecular formula is C11H17ClFN3O. The van der Waals surface area contributed by atoms with Crippen LogP contribution < -0.4 is 5.32 Å². The molecule has 0 bridgehead atoms. The van der Waals surface area contributed by atoms with Crippen LogP contribution in [0.1, 0.15) is 27.2 Å². The molecule has 4 nitrogen and oxygen atoms in total. The third-order valence-corrected chi connectivity index (χ3v) is 2.25. The Morgan fingerprint density at radius 1 is 1.53 bits per heavy atom. The van der Waals surface area contributed by atoms with Gasteiger partial charge in [-0.15, -0.1) is 0 Å². The number of hydrogen-bond donors (Lipinski definition) is 2. The lowest BCUT2D eigenvalue weighted by Crippen LogP contribution is -2.25. The van der Waals surface area contributed by atoms with Gasteiger partial charge in [0.1, 0.15) is 0 Å². The fourth-order valence-electron chi connectivity index (χ4n) is 1.46. The standard InChI is InChI=1S/C11H17ClFN3O/c1-11(2,3)4-7(17)5-14-9-8(13)6-15-10(12)16-9/h6-7,17H,4-5H2,1-3H3,(H,14,15,16). The monoisotopic (exact) mass is 261 g/mol. The average molecular weight is 262 g/mol. The molecule has 0 aliphatic carbocycles. The number of nitrogens with zero attached hydrogens (tertiary/aromatic N) is 2. The maximum Gasteiger partial charge on any atom is 0.224 e. The highest BCUT2D eigenvalue weighted by Crippen LogP contribution is 2.21. The largest absolute Gasteiger partial charge is 0.391 e. The molecule has 0 saturated carbocycles. The van der Waals surface area contributed by atoms with Crippen LogP contribution in [0, 0.1) is 11.2 Å². The summed E-state index contributed by atoms with van der Waals surface area (Å²) >= 11 is 5.55. The molecule has 0 amide bonds. The van der Waals surface area contributed by atoms with Crippen LogP contribution in [0.5, 0.6) is 0 Å². The summed E-state index contributed by atoms with van der Waals surface area (Å²) in [7, 11) is 0. The van der Waals surface area contributed by atoms with Gasteiger partial charge in [-0.3, -0.25) is 0 Å². The van der Waals surface area contributed by atoms with Gasteiger partial charge in [-0.25, -0.2) is 9.37 Å². The van der Waals surface area contributed by atoms with E-state index in [0.717, 1.165) is 6.20 Å². The van der Waals surface area contributed by atoms with Gasteiger partial charge >= 0.3 is 0 Å². The molecule has 0 radical (unpaired) electrons. The zero-order chi connectivity index (χ0) is 13.1. The number of rotatable bonds is 4. The minimum Gasteiger partial charge on any atom is -0.391 e. The van der Waals surface area contributed by atoms with Gasteiger partial charge in [0.2, 0.25) is 5.28 Å². The Morgan fingerprint density at radius 3 is 2.76 bits per heavy atom. The highest BCUT2D eigenvalue weighted by atomic mass is 35.5. The SMILES string of the molecule is CC(C)(C)CC(O)CNc1nc(Cl)ncc1F. The smallest absolute Gasteiger partial charge is 0.224 e. The molecule has 6 heteroatoms. The van der Waals surface area contributed by atoms with Crippen LogP contribution in [-0.4, -0.2) is 27.7 Å². The van der Waals surface area contributed by atoms with Gasteiger partial charge in [-0.2, -0.15) is 4.98 Å². The normalized spacial score (nSPS) is 13.5. The van der Waals surface area contributed by atoms with Crippen molar-refractivity contribution in [2.45, 2.75) is 33.3 Å². The molecule has 1 aromatic heterocycles. The number of aliphatic hydroxyl groups is 1. The van der Waals surface area contributed by atoms with Crippen molar-refractivity contribution in [1.82, 2.24) is 9.97 Å². The van der Waals surface area contributed by atoms with Crippen molar-refractivity contribution in [3.05, 3.63) is 17.3 Å². The first kappa shape index (κ1) is 14.1. The summed E-state index contributed by atoms with van der Waals surface area (Å²) in [4.78, 5) is 7.20. The number of aliphatic hydroxyl groups excluding tert-OH is 1. The fraction of sp³-hybridized carbons (Fsp3) is 0.636. The van der Waals surface area contributed by atoms with Crippen molar-refractivity contribution in [3.63, 3.8) is 0 Å². The van der Waals surface area contributed by atoms with Gasteiger partial charge in [0.05, 0.1) is 12.3 Å². The van der Waals surface area contributed by atoms with Crippen LogP contribution in [0.15, 0.2) is 6.20 Å². The van der Waals surface area contributed by atoms with Crippen molar-refractivity contribution >= 4 is 17.4 Å². The highest BCUT2D eigenvalue weighted by molar-refractivity contribution is 6.28. The van der Waals surface area contributed by atoms with E-state index in [1.54, 1.807) is 0 Å². The zero-order valence-corrected chi connectivity index (χ0v) is 10.9. The summed E-state index contributed by atoms with van der Waals surface area (Å²) in [6, 6.07) is 0. The molecule has 1 unspecified atom stereocenters. The van der Waals surface area contributed by atoms with Crippen molar-refractivity contribution in [2.24, 2.45) is 5.41 Å². The lowest BCUT2D eigenvalue weighted by atomic mass is 9.89. The molecule has 0 aromatic carbocycles. The Morgan fingerprint density at radius 2 is 2.18 bits per heavy atom. The van der Waals surface area contributed by atoms with Gasteiger partial charge in [-0.05, 0) is 23.4 Å². The Hall–Kier alpha value is -0.940. The molecule has 0 aliphatic heterocycles. The Balaban J connectivity index is 2.53. The molecule has 96 valence electrons. The third-order valence-electron chi connectivity index (χ3n) is 2.07. The molecule has 1 heterocycles. The van der Waals surface area contributed by atoms with Crippen LogP contribution in [0.3, 0.4) is 0 Å². The molecule has 1 aromatic rings. The molecule has 0 spiro atoms. The molecular weight excluding hydrogens is 245 g/mol. The predicted molar refractivity (Wildman–Crippen MR) is 65.6 cm³/mol. The van der Waals surface area contributed by atoms with E-state index in [9.17, 15) is 9.50 Å². The minimum atomic E-state index is -0.586. The van der Waals surface area contributed by atoms with Gasteiger partial charge in [0, 0.05) is 6.54 Å². The summed E-state index contributed by atoms with van der Waals surface area (Å²) in [5.41, 5.74) is 0.0168. The lowest BCUT2D eigenvalue weighted by Gasteiger charge is -2.22. The van der Waals surface area contributed by atoms with Gasteiger partial charge in [0.25, 0.3) is 0 Å². The molecule has 0 aliphatic rings. The average Bonchev–Trinajstić information content (AvgIpc) is 2.17. The first-order valence-electron chi connectivity index (χ1n) is 5.38. The summed E-state index contributed by atoms with van der Waals surface area (Å²) in [5.74, 6) is -0.574. The fourth-order valence-corrected chi connectivity index (χ4v) is 1.60. The summed E-state index contributed by atoms with van der Waals surface area (Å²) in [5, 5.41) is 12.4. The van der Waals surface area contributed by atoms with Gasteiger partial charge in [0.15, 0.2) is 11.6 Å². The maximum absolute atomic E-state index is 13.2. The van der Waals surface area contributed by atoms with Crippen molar-refractivity contribution < 1.29 is 9.50 Å². The van der Waals surface area contributed by atoms with Crippen LogP contribution in [0.4, 0.5) is 10.2 Å². The Labute approximate surface area is 105 Å². The van der Waals surface area contributed by atoms with E-state index in [4.69, 9.17) is 11.6 Å². The topological polar surface area (TPSA) is 58.0 Å². The maximum atomic E-state index is 13.2. The number of hydrogen-bond acceptors (Lipinski definition) is 4. The molecule has 17 heavy (non-hydrogen) atoms. The molecule has 1 atom stereocenters. The van der Waals surface area contributed by atoms with E-state index in [1.165, 1.54) is 0 Å². The van der Waals surface area contributed by atoms with Crippen LogP contribution in [0.2, 0.25) is 5.28 Å². The quantitative estimate of drug-likeness (QED) is 0.818. The number of halogens is 2. The molecule has 2 N–H and O–H groups in total. The van der Waals surface area contributed by atoms with Gasteiger partial charge < -0.3 is 10.4 Å². The summed E-state index contributed by atoms with van der Waals surface area (Å²) in [6.45, 7) is 6.30. The highest BCUT2D eigenvalue weighted by Gasteiger charge is 2.17. The molecule has 0 saturated heterocycles. The first-order valence-corrected chi connectivity index (χ1v) is 5.76. The first-order chi connectivity index (χ1) is 7.78. The summed E-state index contributed by atoms with van der Waals surface area (Å²) in [6.07, 6.45) is 1.04. The molecule has 0 fully saturated rings. The van der Waals surface area contributed by atoms with Crippen molar-refractivity contribution in [2.75, 3.05) is 11.9 Å². The van der Waals surface area contributed by atoms with Crippen molar-refractivity contribution in [3.8, 4) is 0 Å². The van der Waals surface area contributed by atoms with Crippen LogP contribution in [-0.2, 0) is 0 Å². The second-order valence-corrected chi connectivity index (χ2v) is 5.47. The number of nitrogens with one attached hydrogen (secondary N) is 1. The lowest BCUT2D eigenvalue weighted by molar-refractivity contribution is 0.132. The van der Waals surface area contributed by atoms with E-state index >= 15 is 0 Å². The van der Waals surface area contributed by atoms with E-state index in [2.05, 4.69) is 15.3 Å². The predicted octanol–water partition coefficient (Wildman–Crippen LogP) is 2.48. The Bertz CT molecular complexity index is 381. The van der Waals surface area contributed by atoms with Crippen LogP contribution in [0.25, 0.3) is 0 Å². The van der Waals surface area contributed by atoms with E-state index < -0.39 is 11.9 Å². The van der Waals surface area contributed by atoms with E-state index in [-0.39, 0.29) is 23.1 Å². The zero-order valence-electron chi connectivity index (χ0n) is 10.2. The number of aromatic nitrogens is 2. The van der Waals surface area contributed by atoms with Crippen LogP contribution >= 0.6 is 11.6 Å². The minimum absolute atomic E-state index is 0.0120. The van der Waals surface area contributed by atoms with E-state index in [1.807, 2.05) is 20.8 Å². The number of anilines is 1. The van der Waals surface area contributed by atoms with Crippen molar-refractivity contribution in [1.29, 1.82) is 0 Å². The van der Waals surface area contributed by atoms with Gasteiger partial charge in [-0.1, -0.05) is 20.8 Å². The van der Waals surface area contributed by atoms with E-state index in [0.29, 0.717) is 6.42 Å². The third kappa shape index (κ3) is 5.28. The molecule has 1 rings (SSSR count).